The number of aryl methyl sites for hydroxylation is 1. The third-order valence-electron chi connectivity index (χ3n) is 4.67. The van der Waals surface area contributed by atoms with Crippen molar-refractivity contribution in [2.45, 2.75) is 25.8 Å². The number of anilines is 1. The van der Waals surface area contributed by atoms with Crippen LogP contribution in [0.4, 0.5) is 5.69 Å². The Bertz CT molecular complexity index is 553. The standard InChI is InChI=1S/C17H24ClN3S2/c1-13-2-3-16(15(18)12-13)19-17(22)21-8-6-20(7-9-21)14-4-10-23-11-5-14/h2-3,12,14H,4-11H2,1H3,(H,19,22). The molecule has 0 unspecified atom stereocenters. The van der Waals surface area contributed by atoms with Crippen LogP contribution in [-0.4, -0.2) is 58.6 Å². The van der Waals surface area contributed by atoms with Crippen LogP contribution in [0.1, 0.15) is 18.4 Å². The summed E-state index contributed by atoms with van der Waals surface area (Å²) in [6.45, 7) is 6.26. The number of halogens is 1. The van der Waals surface area contributed by atoms with Gasteiger partial charge in [0.05, 0.1) is 10.7 Å². The van der Waals surface area contributed by atoms with Crippen molar-refractivity contribution < 1.29 is 0 Å². The lowest BCUT2D eigenvalue weighted by Crippen LogP contribution is -2.53. The SMILES string of the molecule is Cc1ccc(NC(=S)N2CCN(C3CCSCC3)CC2)c(Cl)c1. The Morgan fingerprint density at radius 2 is 1.91 bits per heavy atom. The van der Waals surface area contributed by atoms with Gasteiger partial charge in [0.2, 0.25) is 0 Å². The Kier molecular flexibility index (Phi) is 6.07. The van der Waals surface area contributed by atoms with Gasteiger partial charge in [0, 0.05) is 32.2 Å². The fourth-order valence-corrected chi connectivity index (χ4v) is 4.91. The molecule has 0 atom stereocenters. The van der Waals surface area contributed by atoms with Gasteiger partial charge in [0.1, 0.15) is 0 Å². The Morgan fingerprint density at radius 3 is 2.57 bits per heavy atom. The summed E-state index contributed by atoms with van der Waals surface area (Å²) >= 11 is 14.0. The second-order valence-electron chi connectivity index (χ2n) is 6.28. The second kappa shape index (κ2) is 8.06. The molecule has 0 aliphatic carbocycles. The highest BCUT2D eigenvalue weighted by atomic mass is 35.5. The van der Waals surface area contributed by atoms with Crippen molar-refractivity contribution >= 4 is 46.4 Å². The predicted molar refractivity (Wildman–Crippen MR) is 106 cm³/mol. The van der Waals surface area contributed by atoms with Crippen molar-refractivity contribution in [2.75, 3.05) is 43.0 Å². The van der Waals surface area contributed by atoms with E-state index in [0.29, 0.717) is 0 Å². The number of nitrogens with one attached hydrogen (secondary N) is 1. The Hall–Kier alpha value is -0.490. The molecule has 2 aliphatic heterocycles. The van der Waals surface area contributed by atoms with Gasteiger partial charge in [-0.1, -0.05) is 17.7 Å². The van der Waals surface area contributed by atoms with Crippen LogP contribution in [0.25, 0.3) is 0 Å². The quantitative estimate of drug-likeness (QED) is 0.795. The molecular formula is C17H24ClN3S2. The van der Waals surface area contributed by atoms with Gasteiger partial charge in [-0.05, 0) is 61.2 Å². The first-order chi connectivity index (χ1) is 11.1. The molecule has 2 fully saturated rings. The number of thiocarbonyl (C=S) groups is 1. The zero-order valence-corrected chi connectivity index (χ0v) is 15.9. The molecule has 6 heteroatoms. The molecule has 2 heterocycles. The van der Waals surface area contributed by atoms with Gasteiger partial charge < -0.3 is 10.2 Å². The number of nitrogens with zero attached hydrogens (tertiary/aromatic N) is 2. The maximum Gasteiger partial charge on any atom is 0.173 e. The maximum absolute atomic E-state index is 6.29. The molecule has 1 aromatic rings. The molecule has 0 saturated carbocycles. The monoisotopic (exact) mass is 369 g/mol. The Balaban J connectivity index is 1.51. The zero-order chi connectivity index (χ0) is 16.2. The van der Waals surface area contributed by atoms with E-state index in [9.17, 15) is 0 Å². The number of benzene rings is 1. The van der Waals surface area contributed by atoms with E-state index in [2.05, 4.69) is 32.9 Å². The fourth-order valence-electron chi connectivity index (χ4n) is 3.26. The molecule has 0 aromatic heterocycles. The minimum atomic E-state index is 0.727. The summed E-state index contributed by atoms with van der Waals surface area (Å²) in [6.07, 6.45) is 2.68. The lowest BCUT2D eigenvalue weighted by Gasteiger charge is -2.41. The van der Waals surface area contributed by atoms with Gasteiger partial charge in [0.15, 0.2) is 5.11 Å². The molecule has 3 rings (SSSR count). The average Bonchev–Trinajstić information content (AvgIpc) is 2.58. The van der Waals surface area contributed by atoms with Crippen molar-refractivity contribution in [1.29, 1.82) is 0 Å². The van der Waals surface area contributed by atoms with Crippen LogP contribution in [0.5, 0.6) is 0 Å². The highest BCUT2D eigenvalue weighted by Gasteiger charge is 2.26. The van der Waals surface area contributed by atoms with E-state index in [-0.39, 0.29) is 0 Å². The average molecular weight is 370 g/mol. The summed E-state index contributed by atoms with van der Waals surface area (Å²) in [4.78, 5) is 4.91. The number of hydrogen-bond donors (Lipinski definition) is 1. The third kappa shape index (κ3) is 4.53. The topological polar surface area (TPSA) is 18.5 Å². The summed E-state index contributed by atoms with van der Waals surface area (Å²) in [5.74, 6) is 2.63. The lowest BCUT2D eigenvalue weighted by molar-refractivity contribution is 0.126. The smallest absolute Gasteiger partial charge is 0.173 e. The van der Waals surface area contributed by atoms with Gasteiger partial charge in [-0.2, -0.15) is 11.8 Å². The van der Waals surface area contributed by atoms with Crippen molar-refractivity contribution in [3.05, 3.63) is 28.8 Å². The lowest BCUT2D eigenvalue weighted by atomic mass is 10.1. The van der Waals surface area contributed by atoms with Crippen LogP contribution >= 0.6 is 35.6 Å². The first kappa shape index (κ1) is 17.3. The second-order valence-corrected chi connectivity index (χ2v) is 8.30. The number of hydrogen-bond acceptors (Lipinski definition) is 3. The molecule has 23 heavy (non-hydrogen) atoms. The summed E-state index contributed by atoms with van der Waals surface area (Å²) in [5, 5.41) is 4.82. The minimum absolute atomic E-state index is 0.727. The van der Waals surface area contributed by atoms with E-state index < -0.39 is 0 Å². The van der Waals surface area contributed by atoms with E-state index >= 15 is 0 Å². The van der Waals surface area contributed by atoms with Gasteiger partial charge >= 0.3 is 0 Å². The van der Waals surface area contributed by atoms with Crippen LogP contribution in [0.3, 0.4) is 0 Å². The summed E-state index contributed by atoms with van der Waals surface area (Å²) in [5.41, 5.74) is 2.06. The zero-order valence-electron chi connectivity index (χ0n) is 13.6. The molecule has 1 aromatic carbocycles. The van der Waals surface area contributed by atoms with Crippen LogP contribution in [0.15, 0.2) is 18.2 Å². The summed E-state index contributed by atoms with van der Waals surface area (Å²) in [6, 6.07) is 6.80. The highest BCUT2D eigenvalue weighted by Crippen LogP contribution is 2.25. The third-order valence-corrected chi connectivity index (χ3v) is 6.40. The van der Waals surface area contributed by atoms with Gasteiger partial charge in [-0.15, -0.1) is 0 Å². The fraction of sp³-hybridized carbons (Fsp3) is 0.588. The van der Waals surface area contributed by atoms with Crippen molar-refractivity contribution in [1.82, 2.24) is 9.80 Å². The summed E-state index contributed by atoms with van der Waals surface area (Å²) in [7, 11) is 0. The number of rotatable bonds is 2. The van der Waals surface area contributed by atoms with E-state index in [0.717, 1.165) is 53.6 Å². The highest BCUT2D eigenvalue weighted by molar-refractivity contribution is 7.99. The van der Waals surface area contributed by atoms with E-state index in [1.165, 1.54) is 24.3 Å². The molecule has 0 radical (unpaired) electrons. The van der Waals surface area contributed by atoms with Crippen LogP contribution in [-0.2, 0) is 0 Å². The van der Waals surface area contributed by atoms with Crippen LogP contribution < -0.4 is 5.32 Å². The van der Waals surface area contributed by atoms with Crippen molar-refractivity contribution in [2.24, 2.45) is 0 Å². The van der Waals surface area contributed by atoms with E-state index in [1.807, 2.05) is 19.1 Å². The normalized spacial score (nSPS) is 20.5. The summed E-state index contributed by atoms with van der Waals surface area (Å²) < 4.78 is 0. The number of thioether (sulfide) groups is 1. The van der Waals surface area contributed by atoms with Crippen LogP contribution in [0.2, 0.25) is 5.02 Å². The van der Waals surface area contributed by atoms with Gasteiger partial charge in [-0.3, -0.25) is 4.90 Å². The van der Waals surface area contributed by atoms with Crippen LogP contribution in [0, 0.1) is 6.92 Å². The number of piperazine rings is 1. The molecule has 0 bridgehead atoms. The molecule has 126 valence electrons. The predicted octanol–water partition coefficient (Wildman–Crippen LogP) is 3.86. The first-order valence-corrected chi connectivity index (χ1v) is 10.2. The molecule has 2 saturated heterocycles. The molecule has 0 amide bonds. The first-order valence-electron chi connectivity index (χ1n) is 8.27. The van der Waals surface area contributed by atoms with E-state index in [4.69, 9.17) is 23.8 Å². The molecule has 2 aliphatic rings. The van der Waals surface area contributed by atoms with Crippen molar-refractivity contribution in [3.8, 4) is 0 Å². The van der Waals surface area contributed by atoms with E-state index in [1.54, 1.807) is 0 Å². The van der Waals surface area contributed by atoms with Gasteiger partial charge in [0.25, 0.3) is 0 Å². The molecule has 0 spiro atoms. The Morgan fingerprint density at radius 1 is 1.22 bits per heavy atom. The minimum Gasteiger partial charge on any atom is -0.346 e. The molecular weight excluding hydrogens is 346 g/mol. The Labute approximate surface area is 153 Å². The van der Waals surface area contributed by atoms with Crippen molar-refractivity contribution in [3.63, 3.8) is 0 Å². The molecule has 3 nitrogen and oxygen atoms in total. The maximum atomic E-state index is 6.29. The largest absolute Gasteiger partial charge is 0.346 e. The van der Waals surface area contributed by atoms with Gasteiger partial charge in [-0.25, -0.2) is 0 Å². The molecule has 1 N–H and O–H groups in total.